The lowest BCUT2D eigenvalue weighted by Gasteiger charge is -2.35. The number of nitrogens with one attached hydrogen (secondary N) is 1. The molecule has 0 aromatic heterocycles. The van der Waals surface area contributed by atoms with Gasteiger partial charge in [-0.3, -0.25) is 0 Å². The topological polar surface area (TPSA) is 12.0 Å². The zero-order chi connectivity index (χ0) is 13.0. The van der Waals surface area contributed by atoms with Crippen LogP contribution in [0.2, 0.25) is 0 Å². The average Bonchev–Trinajstić information content (AvgIpc) is 2.39. The molecular weight excluding hydrogens is 218 g/mol. The van der Waals surface area contributed by atoms with E-state index in [1.807, 2.05) is 0 Å². The van der Waals surface area contributed by atoms with Gasteiger partial charge in [0.15, 0.2) is 0 Å². The average molecular weight is 245 g/mol. The van der Waals surface area contributed by atoms with Crippen LogP contribution in [0.1, 0.15) is 69.4 Å². The number of rotatable bonds is 5. The van der Waals surface area contributed by atoms with Gasteiger partial charge in [-0.05, 0) is 48.8 Å². The van der Waals surface area contributed by atoms with Gasteiger partial charge in [-0.25, -0.2) is 0 Å². The second kappa shape index (κ2) is 6.38. The van der Waals surface area contributed by atoms with E-state index in [-0.39, 0.29) is 0 Å². The van der Waals surface area contributed by atoms with Crippen LogP contribution in [0.4, 0.5) is 0 Å². The third-order valence-corrected chi connectivity index (χ3v) is 4.39. The standard InChI is InChI=1S/C17H27N/c1-4-8-17(18-5-2)16-12-11-13(3)14-9-6-7-10-15(14)16/h6-7,9-10,13,16-18H,4-5,8,11-12H2,1-3H3. The van der Waals surface area contributed by atoms with E-state index < -0.39 is 0 Å². The number of likely N-dealkylation sites (N-methyl/N-ethyl adjacent to an activating group) is 1. The minimum atomic E-state index is 0.661. The van der Waals surface area contributed by atoms with E-state index in [2.05, 4.69) is 50.4 Å². The molecule has 18 heavy (non-hydrogen) atoms. The largest absolute Gasteiger partial charge is 0.314 e. The van der Waals surface area contributed by atoms with Crippen LogP contribution in [0, 0.1) is 0 Å². The summed E-state index contributed by atoms with van der Waals surface area (Å²) in [6, 6.07) is 9.75. The number of benzene rings is 1. The Morgan fingerprint density at radius 2 is 1.89 bits per heavy atom. The van der Waals surface area contributed by atoms with Crippen LogP contribution in [0.5, 0.6) is 0 Å². The fourth-order valence-electron chi connectivity index (χ4n) is 3.47. The Morgan fingerprint density at radius 1 is 1.17 bits per heavy atom. The first-order chi connectivity index (χ1) is 8.77. The minimum Gasteiger partial charge on any atom is -0.314 e. The quantitative estimate of drug-likeness (QED) is 0.808. The highest BCUT2D eigenvalue weighted by Crippen LogP contribution is 2.40. The van der Waals surface area contributed by atoms with Gasteiger partial charge in [-0.1, -0.05) is 51.5 Å². The summed E-state index contributed by atoms with van der Waals surface area (Å²) in [5.74, 6) is 1.46. The van der Waals surface area contributed by atoms with Crippen molar-refractivity contribution in [2.24, 2.45) is 0 Å². The molecule has 0 bridgehead atoms. The summed E-state index contributed by atoms with van der Waals surface area (Å²) in [4.78, 5) is 0. The molecule has 1 nitrogen and oxygen atoms in total. The fraction of sp³-hybridized carbons (Fsp3) is 0.647. The second-order valence-electron chi connectivity index (χ2n) is 5.67. The highest BCUT2D eigenvalue weighted by molar-refractivity contribution is 5.36. The predicted octanol–water partition coefficient (Wildman–Crippen LogP) is 4.45. The summed E-state index contributed by atoms with van der Waals surface area (Å²) in [5.41, 5.74) is 3.20. The van der Waals surface area contributed by atoms with Crippen LogP contribution in [-0.2, 0) is 0 Å². The molecule has 1 aliphatic carbocycles. The van der Waals surface area contributed by atoms with Crippen molar-refractivity contribution in [3.63, 3.8) is 0 Å². The zero-order valence-corrected chi connectivity index (χ0v) is 12.1. The molecule has 0 radical (unpaired) electrons. The summed E-state index contributed by atoms with van der Waals surface area (Å²) >= 11 is 0. The van der Waals surface area contributed by atoms with Crippen LogP contribution in [0.3, 0.4) is 0 Å². The smallest absolute Gasteiger partial charge is 0.0136 e. The molecule has 3 atom stereocenters. The molecule has 1 heteroatoms. The first-order valence-electron chi connectivity index (χ1n) is 7.60. The normalized spacial score (nSPS) is 24.6. The van der Waals surface area contributed by atoms with Crippen molar-refractivity contribution in [3.8, 4) is 0 Å². The number of fused-ring (bicyclic) bond motifs is 1. The minimum absolute atomic E-state index is 0.661. The Hall–Kier alpha value is -0.820. The van der Waals surface area contributed by atoms with Crippen LogP contribution in [0.15, 0.2) is 24.3 Å². The van der Waals surface area contributed by atoms with E-state index in [0.717, 1.165) is 18.4 Å². The van der Waals surface area contributed by atoms with Crippen molar-refractivity contribution < 1.29 is 0 Å². The number of hydrogen-bond donors (Lipinski definition) is 1. The SMILES string of the molecule is CCCC(NCC)C1CCC(C)c2ccccc21. The maximum atomic E-state index is 3.71. The Labute approximate surface area is 112 Å². The first-order valence-corrected chi connectivity index (χ1v) is 7.60. The van der Waals surface area contributed by atoms with Crippen molar-refractivity contribution >= 4 is 0 Å². The molecule has 0 aliphatic heterocycles. The van der Waals surface area contributed by atoms with Crippen LogP contribution in [-0.4, -0.2) is 12.6 Å². The summed E-state index contributed by atoms with van der Waals surface area (Å²) < 4.78 is 0. The molecule has 1 aliphatic rings. The van der Waals surface area contributed by atoms with E-state index in [1.165, 1.54) is 25.7 Å². The molecule has 0 saturated heterocycles. The van der Waals surface area contributed by atoms with Crippen molar-refractivity contribution in [1.82, 2.24) is 5.32 Å². The molecule has 0 fully saturated rings. The second-order valence-corrected chi connectivity index (χ2v) is 5.67. The highest BCUT2D eigenvalue weighted by atomic mass is 14.9. The third kappa shape index (κ3) is 2.77. The van der Waals surface area contributed by atoms with Crippen molar-refractivity contribution in [3.05, 3.63) is 35.4 Å². The molecule has 2 rings (SSSR count). The van der Waals surface area contributed by atoms with Crippen LogP contribution < -0.4 is 5.32 Å². The van der Waals surface area contributed by atoms with Crippen LogP contribution >= 0.6 is 0 Å². The lowest BCUT2D eigenvalue weighted by atomic mass is 9.73. The van der Waals surface area contributed by atoms with Gasteiger partial charge in [0.1, 0.15) is 0 Å². The lowest BCUT2D eigenvalue weighted by Crippen LogP contribution is -2.36. The Bertz CT molecular complexity index is 366. The van der Waals surface area contributed by atoms with Gasteiger partial charge in [0.25, 0.3) is 0 Å². The Kier molecular flexibility index (Phi) is 4.82. The molecule has 1 aromatic rings. The molecule has 3 unspecified atom stereocenters. The van der Waals surface area contributed by atoms with E-state index in [9.17, 15) is 0 Å². The van der Waals surface area contributed by atoms with Crippen LogP contribution in [0.25, 0.3) is 0 Å². The van der Waals surface area contributed by atoms with Gasteiger partial charge < -0.3 is 5.32 Å². The van der Waals surface area contributed by atoms with Crippen molar-refractivity contribution in [2.75, 3.05) is 6.54 Å². The monoisotopic (exact) mass is 245 g/mol. The Balaban J connectivity index is 2.26. The Morgan fingerprint density at radius 3 is 2.56 bits per heavy atom. The van der Waals surface area contributed by atoms with Gasteiger partial charge >= 0.3 is 0 Å². The van der Waals surface area contributed by atoms with E-state index in [1.54, 1.807) is 11.1 Å². The molecule has 0 spiro atoms. The van der Waals surface area contributed by atoms with E-state index >= 15 is 0 Å². The van der Waals surface area contributed by atoms with E-state index in [0.29, 0.717) is 6.04 Å². The van der Waals surface area contributed by atoms with Gasteiger partial charge in [-0.15, -0.1) is 0 Å². The molecule has 0 heterocycles. The molecule has 1 N–H and O–H groups in total. The maximum Gasteiger partial charge on any atom is 0.0136 e. The van der Waals surface area contributed by atoms with Gasteiger partial charge in [0, 0.05) is 6.04 Å². The number of hydrogen-bond acceptors (Lipinski definition) is 1. The summed E-state index contributed by atoms with van der Waals surface area (Å²) in [6.45, 7) is 7.97. The molecule has 0 amide bonds. The molecule has 0 saturated carbocycles. The van der Waals surface area contributed by atoms with E-state index in [4.69, 9.17) is 0 Å². The van der Waals surface area contributed by atoms with Crippen molar-refractivity contribution in [2.45, 2.75) is 64.3 Å². The predicted molar refractivity (Wildman–Crippen MR) is 79.2 cm³/mol. The summed E-state index contributed by atoms with van der Waals surface area (Å²) in [6.07, 6.45) is 5.25. The summed E-state index contributed by atoms with van der Waals surface area (Å²) in [5, 5.41) is 3.71. The van der Waals surface area contributed by atoms with Gasteiger partial charge in [-0.2, -0.15) is 0 Å². The lowest BCUT2D eigenvalue weighted by molar-refractivity contribution is 0.364. The summed E-state index contributed by atoms with van der Waals surface area (Å²) in [7, 11) is 0. The molecular formula is C17H27N. The molecule has 100 valence electrons. The maximum absolute atomic E-state index is 3.71. The van der Waals surface area contributed by atoms with Gasteiger partial charge in [0.05, 0.1) is 0 Å². The molecule has 1 aromatic carbocycles. The van der Waals surface area contributed by atoms with Crippen molar-refractivity contribution in [1.29, 1.82) is 0 Å². The van der Waals surface area contributed by atoms with Gasteiger partial charge in [0.2, 0.25) is 0 Å². The zero-order valence-electron chi connectivity index (χ0n) is 12.1. The first kappa shape index (κ1) is 13.6. The highest BCUT2D eigenvalue weighted by Gasteiger charge is 2.29. The third-order valence-electron chi connectivity index (χ3n) is 4.39. The fourth-order valence-corrected chi connectivity index (χ4v) is 3.47.